The molecule has 3 atom stereocenters. The van der Waals surface area contributed by atoms with Crippen LogP contribution in [0.25, 0.3) is 0 Å². The maximum Gasteiger partial charge on any atom is 0.322 e. The number of rotatable bonds is 4. The average Bonchev–Trinajstić information content (AvgIpc) is 3.29. The lowest BCUT2D eigenvalue weighted by atomic mass is 9.85. The summed E-state index contributed by atoms with van der Waals surface area (Å²) >= 11 is 5.95. The fourth-order valence-corrected chi connectivity index (χ4v) is 4.94. The van der Waals surface area contributed by atoms with E-state index in [0.29, 0.717) is 27.9 Å². The highest BCUT2D eigenvalue weighted by molar-refractivity contribution is 6.30. The summed E-state index contributed by atoms with van der Waals surface area (Å²) in [4.78, 5) is 40.9. The predicted molar refractivity (Wildman–Crippen MR) is 126 cm³/mol. The molecule has 10 heteroatoms. The second-order valence-electron chi connectivity index (χ2n) is 8.65. The zero-order valence-corrected chi connectivity index (χ0v) is 19.1. The Morgan fingerprint density at radius 3 is 2.56 bits per heavy atom. The lowest BCUT2D eigenvalue weighted by Crippen LogP contribution is -2.68. The molecule has 0 radical (unpaired) electrons. The normalized spacial score (nSPS) is 23.0. The van der Waals surface area contributed by atoms with E-state index in [4.69, 9.17) is 21.1 Å². The number of urea groups is 1. The predicted octanol–water partition coefficient (Wildman–Crippen LogP) is 3.74. The van der Waals surface area contributed by atoms with E-state index in [2.05, 4.69) is 16.0 Å². The van der Waals surface area contributed by atoms with Crippen LogP contribution < -0.4 is 25.4 Å². The molecular weight excluding hydrogens is 460 g/mol. The van der Waals surface area contributed by atoms with Crippen molar-refractivity contribution in [3.63, 3.8) is 0 Å². The van der Waals surface area contributed by atoms with Gasteiger partial charge in [0.05, 0.1) is 12.5 Å². The average molecular weight is 485 g/mol. The number of piperazine rings is 1. The zero-order valence-electron chi connectivity index (χ0n) is 18.4. The van der Waals surface area contributed by atoms with Crippen molar-refractivity contribution in [1.82, 2.24) is 10.2 Å². The summed E-state index contributed by atoms with van der Waals surface area (Å²) in [5.74, 6) is 0.452. The van der Waals surface area contributed by atoms with Crippen LogP contribution in [0.15, 0.2) is 42.5 Å². The molecule has 2 aromatic rings. The molecule has 0 bridgehead atoms. The highest BCUT2D eigenvalue weighted by Crippen LogP contribution is 2.35. The molecule has 34 heavy (non-hydrogen) atoms. The van der Waals surface area contributed by atoms with Gasteiger partial charge < -0.3 is 30.3 Å². The molecule has 5 rings (SSSR count). The highest BCUT2D eigenvalue weighted by atomic mass is 35.5. The quantitative estimate of drug-likeness (QED) is 0.612. The number of carbonyl (C=O) groups is 3. The van der Waals surface area contributed by atoms with Crippen molar-refractivity contribution < 1.29 is 23.9 Å². The molecule has 1 saturated heterocycles. The van der Waals surface area contributed by atoms with Gasteiger partial charge >= 0.3 is 6.03 Å². The Hall–Kier alpha value is -3.46. The Balaban J connectivity index is 1.34. The first-order valence-corrected chi connectivity index (χ1v) is 11.7. The number of halogens is 1. The van der Waals surface area contributed by atoms with Crippen molar-refractivity contribution in [1.29, 1.82) is 0 Å². The van der Waals surface area contributed by atoms with Crippen molar-refractivity contribution in [3.05, 3.63) is 47.5 Å². The Labute approximate surface area is 201 Å². The number of amides is 4. The number of ether oxygens (including phenoxy) is 2. The first-order valence-electron chi connectivity index (χ1n) is 11.3. The van der Waals surface area contributed by atoms with E-state index in [9.17, 15) is 14.4 Å². The summed E-state index contributed by atoms with van der Waals surface area (Å²) in [7, 11) is 0. The van der Waals surface area contributed by atoms with E-state index >= 15 is 0 Å². The Kier molecular flexibility index (Phi) is 6.19. The largest absolute Gasteiger partial charge is 0.454 e. The number of hydrogen-bond donors (Lipinski definition) is 3. The van der Waals surface area contributed by atoms with Gasteiger partial charge in [-0.15, -0.1) is 0 Å². The van der Waals surface area contributed by atoms with Crippen LogP contribution >= 0.6 is 11.6 Å². The number of hydrogen-bond acceptors (Lipinski definition) is 5. The number of benzene rings is 2. The SMILES string of the molecule is O=C(C[C@@H]1C(=O)N[C@@H]2CCCC[C@@H]2N1C(=O)Nc1ccc(Cl)cc1)Nc1ccc2c(c1)OCO2. The van der Waals surface area contributed by atoms with Crippen molar-refractivity contribution in [2.75, 3.05) is 17.4 Å². The molecule has 9 nitrogen and oxygen atoms in total. The van der Waals surface area contributed by atoms with E-state index in [0.717, 1.165) is 25.7 Å². The van der Waals surface area contributed by atoms with E-state index in [1.807, 2.05) is 0 Å². The minimum atomic E-state index is -0.930. The molecule has 3 N–H and O–H groups in total. The number of nitrogens with zero attached hydrogens (tertiary/aromatic N) is 1. The second kappa shape index (κ2) is 9.42. The summed E-state index contributed by atoms with van der Waals surface area (Å²) in [6, 6.07) is 10.2. The number of anilines is 2. The fourth-order valence-electron chi connectivity index (χ4n) is 4.82. The summed E-state index contributed by atoms with van der Waals surface area (Å²) in [5.41, 5.74) is 1.09. The monoisotopic (exact) mass is 484 g/mol. The number of fused-ring (bicyclic) bond motifs is 2. The topological polar surface area (TPSA) is 109 Å². The molecule has 3 aliphatic rings. The van der Waals surface area contributed by atoms with Gasteiger partial charge in [0.15, 0.2) is 11.5 Å². The molecule has 1 aliphatic carbocycles. The summed E-state index contributed by atoms with van der Waals surface area (Å²) in [6.45, 7) is 0.134. The van der Waals surface area contributed by atoms with E-state index in [1.54, 1.807) is 47.4 Å². The third-order valence-electron chi connectivity index (χ3n) is 6.42. The third-order valence-corrected chi connectivity index (χ3v) is 6.67. The first-order chi connectivity index (χ1) is 16.5. The molecule has 0 aromatic heterocycles. The highest BCUT2D eigenvalue weighted by Gasteiger charge is 2.46. The molecule has 4 amide bonds. The molecule has 2 aliphatic heterocycles. The van der Waals surface area contributed by atoms with Gasteiger partial charge in [-0.25, -0.2) is 4.79 Å². The van der Waals surface area contributed by atoms with Gasteiger partial charge in [-0.1, -0.05) is 24.4 Å². The molecule has 2 heterocycles. The van der Waals surface area contributed by atoms with Gasteiger partial charge in [-0.2, -0.15) is 0 Å². The van der Waals surface area contributed by atoms with Crippen LogP contribution in [0.2, 0.25) is 5.02 Å². The van der Waals surface area contributed by atoms with Crippen LogP contribution in [0.1, 0.15) is 32.1 Å². The Bertz CT molecular complexity index is 1110. The van der Waals surface area contributed by atoms with Crippen molar-refractivity contribution >= 4 is 40.8 Å². The summed E-state index contributed by atoms with van der Waals surface area (Å²) in [6.07, 6.45) is 3.34. The van der Waals surface area contributed by atoms with E-state index in [1.165, 1.54) is 0 Å². The van der Waals surface area contributed by atoms with Crippen LogP contribution in [-0.4, -0.2) is 47.7 Å². The van der Waals surface area contributed by atoms with Gasteiger partial charge in [0.25, 0.3) is 0 Å². The van der Waals surface area contributed by atoms with Crippen LogP contribution in [0, 0.1) is 0 Å². The summed E-state index contributed by atoms with van der Waals surface area (Å²) in [5, 5.41) is 9.25. The van der Waals surface area contributed by atoms with E-state index in [-0.39, 0.29) is 37.1 Å². The Morgan fingerprint density at radius 2 is 1.74 bits per heavy atom. The van der Waals surface area contributed by atoms with Crippen LogP contribution in [0.4, 0.5) is 16.2 Å². The molecule has 0 unspecified atom stereocenters. The third kappa shape index (κ3) is 4.61. The lowest BCUT2D eigenvalue weighted by Gasteiger charge is -2.47. The van der Waals surface area contributed by atoms with Crippen LogP contribution in [-0.2, 0) is 9.59 Å². The second-order valence-corrected chi connectivity index (χ2v) is 9.08. The van der Waals surface area contributed by atoms with Gasteiger partial charge in [-0.3, -0.25) is 9.59 Å². The van der Waals surface area contributed by atoms with Gasteiger partial charge in [-0.05, 0) is 49.2 Å². The maximum absolute atomic E-state index is 13.4. The van der Waals surface area contributed by atoms with Crippen LogP contribution in [0.3, 0.4) is 0 Å². The van der Waals surface area contributed by atoms with Crippen molar-refractivity contribution in [2.24, 2.45) is 0 Å². The molecule has 0 spiro atoms. The minimum absolute atomic E-state index is 0.120. The Morgan fingerprint density at radius 1 is 1.00 bits per heavy atom. The van der Waals surface area contributed by atoms with Crippen LogP contribution in [0.5, 0.6) is 11.5 Å². The summed E-state index contributed by atoms with van der Waals surface area (Å²) < 4.78 is 10.6. The van der Waals surface area contributed by atoms with Gasteiger partial charge in [0.2, 0.25) is 18.6 Å². The maximum atomic E-state index is 13.4. The molecular formula is C24H25ClN4O5. The van der Waals surface area contributed by atoms with Gasteiger partial charge in [0.1, 0.15) is 6.04 Å². The molecule has 2 fully saturated rings. The van der Waals surface area contributed by atoms with Gasteiger partial charge in [0, 0.05) is 28.5 Å². The fraction of sp³-hybridized carbons (Fsp3) is 0.375. The molecule has 1 saturated carbocycles. The van der Waals surface area contributed by atoms with E-state index < -0.39 is 12.1 Å². The minimum Gasteiger partial charge on any atom is -0.454 e. The van der Waals surface area contributed by atoms with Crippen molar-refractivity contribution in [2.45, 2.75) is 50.2 Å². The smallest absolute Gasteiger partial charge is 0.322 e. The number of nitrogens with one attached hydrogen (secondary N) is 3. The lowest BCUT2D eigenvalue weighted by molar-refractivity contribution is -0.135. The zero-order chi connectivity index (χ0) is 23.7. The molecule has 2 aromatic carbocycles. The molecule has 178 valence electrons. The first kappa shape index (κ1) is 22.3. The van der Waals surface area contributed by atoms with Crippen molar-refractivity contribution in [3.8, 4) is 11.5 Å². The standard InChI is InChI=1S/C24H25ClN4O5/c25-14-5-7-15(8-6-14)27-24(32)29-18-4-2-1-3-17(18)28-23(31)19(29)12-22(30)26-16-9-10-20-21(11-16)34-13-33-20/h5-11,17-19H,1-4,12-13H2,(H,26,30)(H,27,32)(H,28,31)/t17-,18+,19-/m1/s1. The number of carbonyl (C=O) groups excluding carboxylic acids is 3.